The fourth-order valence-corrected chi connectivity index (χ4v) is 3.85. The fraction of sp³-hybridized carbons (Fsp3) is 0.389. The first-order valence-corrected chi connectivity index (χ1v) is 8.68. The van der Waals surface area contributed by atoms with Crippen molar-refractivity contribution in [3.05, 3.63) is 62.0 Å². The Hall–Kier alpha value is -1.45. The van der Waals surface area contributed by atoms with Crippen LogP contribution in [-0.4, -0.2) is 11.7 Å². The highest BCUT2D eigenvalue weighted by atomic mass is 35.5. The first-order chi connectivity index (χ1) is 11.2. The maximum Gasteiger partial charge on any atom is 0.270 e. The van der Waals surface area contributed by atoms with Crippen molar-refractivity contribution >= 4 is 23.2 Å². The third-order valence-electron chi connectivity index (χ3n) is 4.47. The molecule has 5 heteroatoms. The topological polar surface area (TPSA) is 31.2 Å². The van der Waals surface area contributed by atoms with E-state index in [4.69, 9.17) is 27.9 Å². The summed E-state index contributed by atoms with van der Waals surface area (Å²) >= 11 is 12.5. The Morgan fingerprint density at radius 1 is 1.13 bits per heavy atom. The molecule has 0 saturated heterocycles. The summed E-state index contributed by atoms with van der Waals surface area (Å²) in [5.41, 5.74) is 3.96. The molecule has 1 heterocycles. The zero-order chi connectivity index (χ0) is 16.4. The van der Waals surface area contributed by atoms with Gasteiger partial charge in [-0.3, -0.25) is 4.79 Å². The molecule has 1 aromatic carbocycles. The van der Waals surface area contributed by atoms with Crippen molar-refractivity contribution in [1.29, 1.82) is 0 Å². The van der Waals surface area contributed by atoms with Crippen molar-refractivity contribution < 1.29 is 4.74 Å². The van der Waals surface area contributed by atoms with E-state index in [1.165, 1.54) is 5.56 Å². The molecule has 0 radical (unpaired) electrons. The van der Waals surface area contributed by atoms with Gasteiger partial charge in [-0.05, 0) is 54.5 Å². The number of alkyl halides is 1. The second kappa shape index (κ2) is 6.98. The van der Waals surface area contributed by atoms with Gasteiger partial charge in [0.25, 0.3) is 5.56 Å². The summed E-state index contributed by atoms with van der Waals surface area (Å²) in [6.07, 6.45) is 4.01. The van der Waals surface area contributed by atoms with Crippen LogP contribution in [0, 0.1) is 0 Å². The van der Waals surface area contributed by atoms with E-state index in [0.717, 1.165) is 48.3 Å². The van der Waals surface area contributed by atoms with E-state index in [1.807, 2.05) is 24.3 Å². The molecule has 0 N–H and O–H groups in total. The van der Waals surface area contributed by atoms with Crippen molar-refractivity contribution in [3.63, 3.8) is 0 Å². The summed E-state index contributed by atoms with van der Waals surface area (Å²) in [7, 11) is 1.63. The summed E-state index contributed by atoms with van der Waals surface area (Å²) in [5, 5.41) is 0.363. The van der Waals surface area contributed by atoms with E-state index in [2.05, 4.69) is 0 Å². The monoisotopic (exact) mass is 351 g/mol. The SMILES string of the molecule is COc1ccc(Cn2c(CCl)c3c(c(Cl)c2=O)CCCC3)cc1. The van der Waals surface area contributed by atoms with Crippen LogP contribution in [0.4, 0.5) is 0 Å². The van der Waals surface area contributed by atoms with Crippen LogP contribution in [0.25, 0.3) is 0 Å². The smallest absolute Gasteiger partial charge is 0.270 e. The first-order valence-electron chi connectivity index (χ1n) is 7.77. The van der Waals surface area contributed by atoms with E-state index in [9.17, 15) is 4.79 Å². The summed E-state index contributed by atoms with van der Waals surface area (Å²) < 4.78 is 6.89. The van der Waals surface area contributed by atoms with E-state index in [1.54, 1.807) is 11.7 Å². The van der Waals surface area contributed by atoms with Gasteiger partial charge in [-0.2, -0.15) is 0 Å². The summed E-state index contributed by atoms with van der Waals surface area (Å²) in [4.78, 5) is 12.7. The molecular weight excluding hydrogens is 333 g/mol. The highest BCUT2D eigenvalue weighted by Crippen LogP contribution is 2.29. The number of aromatic nitrogens is 1. The summed E-state index contributed by atoms with van der Waals surface area (Å²) in [5.74, 6) is 1.12. The number of fused-ring (bicyclic) bond motifs is 1. The lowest BCUT2D eigenvalue weighted by atomic mass is 9.90. The number of pyridine rings is 1. The van der Waals surface area contributed by atoms with Crippen LogP contribution >= 0.6 is 23.2 Å². The predicted molar refractivity (Wildman–Crippen MR) is 94.0 cm³/mol. The molecule has 0 saturated carbocycles. The maximum atomic E-state index is 12.7. The van der Waals surface area contributed by atoms with E-state index >= 15 is 0 Å². The lowest BCUT2D eigenvalue weighted by molar-refractivity contribution is 0.414. The molecule has 0 amide bonds. The van der Waals surface area contributed by atoms with Gasteiger partial charge >= 0.3 is 0 Å². The quantitative estimate of drug-likeness (QED) is 0.773. The minimum Gasteiger partial charge on any atom is -0.497 e. The second-order valence-electron chi connectivity index (χ2n) is 5.80. The number of hydrogen-bond acceptors (Lipinski definition) is 2. The van der Waals surface area contributed by atoms with Gasteiger partial charge in [-0.1, -0.05) is 23.7 Å². The number of nitrogens with zero attached hydrogens (tertiary/aromatic N) is 1. The Labute approximate surface area is 145 Å². The van der Waals surface area contributed by atoms with Crippen LogP contribution in [0.15, 0.2) is 29.1 Å². The molecular formula is C18H19Cl2NO2. The Kier molecular flexibility index (Phi) is 4.98. The largest absolute Gasteiger partial charge is 0.497 e. The Bertz CT molecular complexity index is 766. The normalized spacial score (nSPS) is 13.7. The number of hydrogen-bond donors (Lipinski definition) is 0. The molecule has 1 aromatic heterocycles. The molecule has 1 aliphatic rings. The van der Waals surface area contributed by atoms with Crippen molar-refractivity contribution in [2.24, 2.45) is 0 Å². The van der Waals surface area contributed by atoms with Gasteiger partial charge in [0, 0.05) is 5.69 Å². The summed E-state index contributed by atoms with van der Waals surface area (Å²) in [6, 6.07) is 7.69. The van der Waals surface area contributed by atoms with Crippen molar-refractivity contribution in [2.75, 3.05) is 7.11 Å². The molecule has 0 unspecified atom stereocenters. The third-order valence-corrected chi connectivity index (χ3v) is 5.11. The summed E-state index contributed by atoms with van der Waals surface area (Å²) in [6.45, 7) is 0.470. The minimum atomic E-state index is -0.140. The number of benzene rings is 1. The molecule has 0 bridgehead atoms. The van der Waals surface area contributed by atoms with E-state index in [-0.39, 0.29) is 5.56 Å². The molecule has 2 aromatic rings. The Morgan fingerprint density at radius 2 is 1.78 bits per heavy atom. The number of rotatable bonds is 4. The number of methoxy groups -OCH3 is 1. The van der Waals surface area contributed by atoms with Gasteiger partial charge in [0.1, 0.15) is 10.8 Å². The number of ether oxygens (including phenoxy) is 1. The first kappa shape index (κ1) is 16.4. The Balaban J connectivity index is 2.07. The second-order valence-corrected chi connectivity index (χ2v) is 6.44. The van der Waals surface area contributed by atoms with Crippen LogP contribution in [0.5, 0.6) is 5.75 Å². The zero-order valence-electron chi connectivity index (χ0n) is 13.1. The Morgan fingerprint density at radius 3 is 2.39 bits per heavy atom. The molecule has 0 fully saturated rings. The van der Waals surface area contributed by atoms with Gasteiger partial charge in [-0.15, -0.1) is 11.6 Å². The van der Waals surface area contributed by atoms with Crippen LogP contribution < -0.4 is 10.3 Å². The molecule has 0 spiro atoms. The predicted octanol–water partition coefficient (Wildman–Crippen LogP) is 4.18. The van der Waals surface area contributed by atoms with Gasteiger partial charge in [-0.25, -0.2) is 0 Å². The van der Waals surface area contributed by atoms with Gasteiger partial charge < -0.3 is 9.30 Å². The van der Waals surface area contributed by atoms with Gasteiger partial charge in [0.2, 0.25) is 0 Å². The maximum absolute atomic E-state index is 12.7. The van der Waals surface area contributed by atoms with Crippen LogP contribution in [-0.2, 0) is 25.3 Å². The highest BCUT2D eigenvalue weighted by Gasteiger charge is 2.22. The van der Waals surface area contributed by atoms with Crippen molar-refractivity contribution in [2.45, 2.75) is 38.1 Å². The molecule has 3 nitrogen and oxygen atoms in total. The lowest BCUT2D eigenvalue weighted by Crippen LogP contribution is -2.29. The molecule has 0 aliphatic heterocycles. The van der Waals surface area contributed by atoms with Crippen LogP contribution in [0.1, 0.15) is 35.2 Å². The van der Waals surface area contributed by atoms with E-state index < -0.39 is 0 Å². The van der Waals surface area contributed by atoms with Crippen molar-refractivity contribution in [1.82, 2.24) is 4.57 Å². The molecule has 0 atom stereocenters. The van der Waals surface area contributed by atoms with Crippen LogP contribution in [0.2, 0.25) is 5.02 Å². The zero-order valence-corrected chi connectivity index (χ0v) is 14.6. The minimum absolute atomic E-state index is 0.140. The fourth-order valence-electron chi connectivity index (χ4n) is 3.23. The average molecular weight is 352 g/mol. The standard InChI is InChI=1S/C18H19Cl2NO2/c1-23-13-8-6-12(7-9-13)11-21-16(10-19)14-4-2-3-5-15(14)17(20)18(21)22/h6-9H,2-5,10-11H2,1H3. The van der Waals surface area contributed by atoms with Crippen molar-refractivity contribution in [3.8, 4) is 5.75 Å². The van der Waals surface area contributed by atoms with Crippen LogP contribution in [0.3, 0.4) is 0 Å². The molecule has 1 aliphatic carbocycles. The highest BCUT2D eigenvalue weighted by molar-refractivity contribution is 6.31. The van der Waals surface area contributed by atoms with E-state index in [0.29, 0.717) is 17.4 Å². The lowest BCUT2D eigenvalue weighted by Gasteiger charge is -2.23. The molecule has 122 valence electrons. The van der Waals surface area contributed by atoms with Gasteiger partial charge in [0.15, 0.2) is 0 Å². The molecule has 3 rings (SSSR count). The molecule has 23 heavy (non-hydrogen) atoms. The van der Waals surface area contributed by atoms with Gasteiger partial charge in [0.05, 0.1) is 19.5 Å². The average Bonchev–Trinajstić information content (AvgIpc) is 2.60. The third kappa shape index (κ3) is 3.13. The number of halogens is 2.